The van der Waals surface area contributed by atoms with Crippen LogP contribution in [0, 0.1) is 5.92 Å². The van der Waals surface area contributed by atoms with Crippen LogP contribution in [0.2, 0.25) is 0 Å². The van der Waals surface area contributed by atoms with Crippen LogP contribution in [0.3, 0.4) is 0 Å². The Hall–Kier alpha value is -4.10. The molecule has 1 saturated heterocycles. The average Bonchev–Trinajstić information content (AvgIpc) is 3.32. The smallest absolute Gasteiger partial charge is 0.143 e. The van der Waals surface area contributed by atoms with Crippen molar-refractivity contribution in [2.45, 2.75) is 25.8 Å². The fourth-order valence-corrected chi connectivity index (χ4v) is 5.78. The van der Waals surface area contributed by atoms with E-state index in [9.17, 15) is 4.79 Å². The van der Waals surface area contributed by atoms with Crippen LogP contribution in [-0.2, 0) is 11.8 Å². The number of hydrogen-bond donors (Lipinski definition) is 1. The monoisotopic (exact) mass is 504 g/mol. The van der Waals surface area contributed by atoms with E-state index in [1.165, 1.54) is 16.5 Å². The standard InChI is InChI=1S/C31H32N6O/c1-21(38)20-37-14-8-23(9-15-37)30(25-4-3-10-32-19-25)35-26-17-27(31-28(18-26)33-11-12-34-31)24-6-5-22-7-13-36(2)29(22)16-24/h3-7,10-13,16-19,23,30,35H,8-9,14-15,20H2,1-2H3. The molecule has 6 rings (SSSR count). The van der Waals surface area contributed by atoms with Crippen molar-refractivity contribution in [2.24, 2.45) is 13.0 Å². The van der Waals surface area contributed by atoms with Crippen LogP contribution in [-0.4, -0.2) is 49.8 Å². The third-order valence-corrected chi connectivity index (χ3v) is 7.69. The van der Waals surface area contributed by atoms with E-state index in [0.717, 1.165) is 53.8 Å². The first-order valence-corrected chi connectivity index (χ1v) is 13.2. The number of nitrogens with zero attached hydrogens (tertiary/aromatic N) is 5. The molecule has 7 heteroatoms. The van der Waals surface area contributed by atoms with Crippen LogP contribution in [0.4, 0.5) is 5.69 Å². The molecule has 1 atom stereocenters. The van der Waals surface area contributed by atoms with Gasteiger partial charge in [-0.05, 0) is 85.6 Å². The molecule has 1 aliphatic heterocycles. The van der Waals surface area contributed by atoms with Gasteiger partial charge in [0, 0.05) is 54.8 Å². The highest BCUT2D eigenvalue weighted by atomic mass is 16.1. The lowest BCUT2D eigenvalue weighted by atomic mass is 9.85. The second-order valence-electron chi connectivity index (χ2n) is 10.4. The molecule has 192 valence electrons. The van der Waals surface area contributed by atoms with E-state index in [0.29, 0.717) is 12.5 Å². The van der Waals surface area contributed by atoms with E-state index >= 15 is 0 Å². The Morgan fingerprint density at radius 2 is 1.89 bits per heavy atom. The number of likely N-dealkylation sites (tertiary alicyclic amines) is 1. The van der Waals surface area contributed by atoms with E-state index in [-0.39, 0.29) is 11.8 Å². The van der Waals surface area contributed by atoms with Gasteiger partial charge < -0.3 is 9.88 Å². The number of fused-ring (bicyclic) bond motifs is 2. The van der Waals surface area contributed by atoms with E-state index in [1.807, 2.05) is 18.5 Å². The highest BCUT2D eigenvalue weighted by molar-refractivity contribution is 5.97. The number of piperidine rings is 1. The van der Waals surface area contributed by atoms with Gasteiger partial charge >= 0.3 is 0 Å². The van der Waals surface area contributed by atoms with E-state index in [4.69, 9.17) is 4.98 Å². The number of benzene rings is 2. The molecule has 1 N–H and O–H groups in total. The Kier molecular flexibility index (Phi) is 6.60. The molecule has 2 aromatic carbocycles. The van der Waals surface area contributed by atoms with Gasteiger partial charge in [-0.1, -0.05) is 18.2 Å². The molecular formula is C31H32N6O. The molecule has 0 aliphatic carbocycles. The van der Waals surface area contributed by atoms with Crippen molar-refractivity contribution in [1.82, 2.24) is 24.4 Å². The lowest BCUT2D eigenvalue weighted by Gasteiger charge is -2.36. The number of anilines is 1. The molecule has 0 bridgehead atoms. The zero-order valence-corrected chi connectivity index (χ0v) is 21.8. The number of carbonyl (C=O) groups excluding carboxylic acids is 1. The van der Waals surface area contributed by atoms with Gasteiger partial charge in [0.15, 0.2) is 0 Å². The molecule has 1 fully saturated rings. The molecule has 4 heterocycles. The maximum absolute atomic E-state index is 11.6. The van der Waals surface area contributed by atoms with E-state index in [1.54, 1.807) is 19.3 Å². The lowest BCUT2D eigenvalue weighted by molar-refractivity contribution is -0.118. The molecule has 1 aliphatic rings. The summed E-state index contributed by atoms with van der Waals surface area (Å²) in [5.74, 6) is 0.645. The molecule has 0 spiro atoms. The van der Waals surface area contributed by atoms with Crippen molar-refractivity contribution in [3.8, 4) is 11.1 Å². The van der Waals surface area contributed by atoms with Gasteiger partial charge in [-0.3, -0.25) is 24.6 Å². The second kappa shape index (κ2) is 10.3. The topological polar surface area (TPSA) is 75.9 Å². The number of pyridine rings is 1. The molecule has 5 aromatic rings. The van der Waals surface area contributed by atoms with Crippen LogP contribution < -0.4 is 5.32 Å². The summed E-state index contributed by atoms with van der Waals surface area (Å²) >= 11 is 0. The average molecular weight is 505 g/mol. The Morgan fingerprint density at radius 3 is 2.68 bits per heavy atom. The predicted octanol–water partition coefficient (Wildman–Crippen LogP) is 5.64. The fourth-order valence-electron chi connectivity index (χ4n) is 5.78. The van der Waals surface area contributed by atoms with Crippen LogP contribution in [0.15, 0.2) is 79.5 Å². The lowest BCUT2D eigenvalue weighted by Crippen LogP contribution is -2.39. The summed E-state index contributed by atoms with van der Waals surface area (Å²) in [6, 6.07) is 17.2. The number of hydrogen-bond acceptors (Lipinski definition) is 6. The van der Waals surface area contributed by atoms with Crippen molar-refractivity contribution in [1.29, 1.82) is 0 Å². The van der Waals surface area contributed by atoms with Crippen LogP contribution in [0.1, 0.15) is 31.4 Å². The van der Waals surface area contributed by atoms with Gasteiger partial charge in [0.1, 0.15) is 5.78 Å². The summed E-state index contributed by atoms with van der Waals surface area (Å²) in [4.78, 5) is 27.7. The minimum Gasteiger partial charge on any atom is -0.378 e. The Morgan fingerprint density at radius 1 is 1.05 bits per heavy atom. The maximum atomic E-state index is 11.6. The molecule has 1 unspecified atom stereocenters. The summed E-state index contributed by atoms with van der Waals surface area (Å²) in [6.07, 6.45) is 11.4. The quantitative estimate of drug-likeness (QED) is 0.309. The van der Waals surface area contributed by atoms with E-state index < -0.39 is 0 Å². The molecule has 38 heavy (non-hydrogen) atoms. The minimum atomic E-state index is 0.0977. The van der Waals surface area contributed by atoms with Crippen molar-refractivity contribution in [2.75, 3.05) is 25.0 Å². The van der Waals surface area contributed by atoms with Crippen molar-refractivity contribution < 1.29 is 4.79 Å². The zero-order chi connectivity index (χ0) is 26.1. The number of nitrogens with one attached hydrogen (secondary N) is 1. The number of Topliss-reactive ketones (excluding diaryl/α,β-unsaturated/α-hetero) is 1. The van der Waals surface area contributed by atoms with Crippen molar-refractivity contribution in [3.63, 3.8) is 0 Å². The van der Waals surface area contributed by atoms with Gasteiger partial charge in [-0.2, -0.15) is 0 Å². The van der Waals surface area contributed by atoms with Crippen LogP contribution >= 0.6 is 0 Å². The summed E-state index contributed by atoms with van der Waals surface area (Å²) in [5, 5.41) is 5.08. The van der Waals surface area contributed by atoms with Crippen molar-refractivity contribution in [3.05, 3.63) is 85.1 Å². The first-order chi connectivity index (χ1) is 18.5. The number of rotatable bonds is 7. The number of ketones is 1. The Balaban J connectivity index is 1.37. The number of carbonyl (C=O) groups is 1. The fraction of sp³-hybridized carbons (Fsp3) is 0.290. The summed E-state index contributed by atoms with van der Waals surface area (Å²) < 4.78 is 2.14. The Labute approximate surface area is 222 Å². The van der Waals surface area contributed by atoms with Crippen LogP contribution in [0.5, 0.6) is 0 Å². The Bertz CT molecular complexity index is 1590. The van der Waals surface area contributed by atoms with Crippen LogP contribution in [0.25, 0.3) is 33.1 Å². The third kappa shape index (κ3) is 4.89. The highest BCUT2D eigenvalue weighted by Gasteiger charge is 2.28. The molecule has 0 amide bonds. The predicted molar refractivity (Wildman–Crippen MR) is 152 cm³/mol. The first-order valence-electron chi connectivity index (χ1n) is 13.2. The van der Waals surface area contributed by atoms with Gasteiger partial charge in [0.2, 0.25) is 0 Å². The van der Waals surface area contributed by atoms with Gasteiger partial charge in [0.05, 0.1) is 23.6 Å². The molecule has 0 saturated carbocycles. The molecule has 0 radical (unpaired) electrons. The number of aryl methyl sites for hydroxylation is 1. The largest absolute Gasteiger partial charge is 0.378 e. The third-order valence-electron chi connectivity index (χ3n) is 7.69. The highest BCUT2D eigenvalue weighted by Crippen LogP contribution is 2.37. The zero-order valence-electron chi connectivity index (χ0n) is 21.8. The van der Waals surface area contributed by atoms with Gasteiger partial charge in [0.25, 0.3) is 0 Å². The SMILES string of the molecule is CC(=O)CN1CCC(C(Nc2cc(-c3ccc4ccn(C)c4c3)c3nccnc3c2)c2cccnc2)CC1. The molecule has 3 aromatic heterocycles. The molecular weight excluding hydrogens is 472 g/mol. The summed E-state index contributed by atoms with van der Waals surface area (Å²) in [6.45, 7) is 4.05. The maximum Gasteiger partial charge on any atom is 0.143 e. The second-order valence-corrected chi connectivity index (χ2v) is 10.4. The first kappa shape index (κ1) is 24.2. The van der Waals surface area contributed by atoms with Gasteiger partial charge in [-0.25, -0.2) is 0 Å². The summed E-state index contributed by atoms with van der Waals surface area (Å²) in [5.41, 5.74) is 7.29. The minimum absolute atomic E-state index is 0.0977. The normalized spacial score (nSPS) is 15.6. The van der Waals surface area contributed by atoms with E-state index in [2.05, 4.69) is 80.5 Å². The van der Waals surface area contributed by atoms with Gasteiger partial charge in [-0.15, -0.1) is 0 Å². The molecule has 7 nitrogen and oxygen atoms in total. The van der Waals surface area contributed by atoms with Crippen molar-refractivity contribution >= 4 is 33.4 Å². The summed E-state index contributed by atoms with van der Waals surface area (Å²) in [7, 11) is 2.07. The number of aromatic nitrogens is 4.